The highest BCUT2D eigenvalue weighted by Crippen LogP contribution is 2.35. The normalized spacial score (nSPS) is 20.4. The van der Waals surface area contributed by atoms with Gasteiger partial charge in [-0.1, -0.05) is 18.2 Å². The van der Waals surface area contributed by atoms with Gasteiger partial charge in [-0.15, -0.1) is 0 Å². The minimum absolute atomic E-state index is 0.148. The minimum Gasteiger partial charge on any atom is -0.496 e. The van der Waals surface area contributed by atoms with Crippen LogP contribution < -0.4 is 15.4 Å². The van der Waals surface area contributed by atoms with Gasteiger partial charge in [0.1, 0.15) is 5.75 Å². The van der Waals surface area contributed by atoms with E-state index in [2.05, 4.69) is 10.6 Å². The molecule has 1 aliphatic carbocycles. The molecule has 126 valence electrons. The van der Waals surface area contributed by atoms with E-state index in [0.717, 1.165) is 37.0 Å². The quantitative estimate of drug-likeness (QED) is 0.892. The summed E-state index contributed by atoms with van der Waals surface area (Å²) < 4.78 is 16.7. The Hall–Kier alpha value is -1.79. The van der Waals surface area contributed by atoms with Crippen LogP contribution in [-0.4, -0.2) is 38.2 Å². The van der Waals surface area contributed by atoms with Crippen LogP contribution in [0, 0.1) is 0 Å². The van der Waals surface area contributed by atoms with Crippen molar-refractivity contribution in [3.63, 3.8) is 0 Å². The molecule has 2 amide bonds. The van der Waals surface area contributed by atoms with Crippen molar-refractivity contribution < 1.29 is 19.0 Å². The lowest BCUT2D eigenvalue weighted by atomic mass is 9.90. The Balaban J connectivity index is 1.43. The van der Waals surface area contributed by atoms with E-state index in [1.165, 1.54) is 0 Å². The second kappa shape index (κ2) is 7.19. The highest BCUT2D eigenvalue weighted by Gasteiger charge is 2.40. The third-order valence-electron chi connectivity index (χ3n) is 4.53. The van der Waals surface area contributed by atoms with Crippen molar-refractivity contribution in [2.24, 2.45) is 0 Å². The first-order chi connectivity index (χ1) is 11.2. The van der Waals surface area contributed by atoms with Gasteiger partial charge in [-0.05, 0) is 18.9 Å². The number of hydrogen-bond donors (Lipinski definition) is 2. The van der Waals surface area contributed by atoms with Crippen LogP contribution in [0.4, 0.5) is 4.79 Å². The van der Waals surface area contributed by atoms with Gasteiger partial charge >= 0.3 is 6.03 Å². The molecule has 1 aliphatic heterocycles. The van der Waals surface area contributed by atoms with Gasteiger partial charge in [0.15, 0.2) is 5.79 Å². The molecule has 1 heterocycles. The van der Waals surface area contributed by atoms with Gasteiger partial charge in [0.2, 0.25) is 0 Å². The molecular weight excluding hydrogens is 296 g/mol. The SMILES string of the molecule is COc1ccccc1CNC(=O)NC1CCC2(CC1)OCCO2. The Bertz CT molecular complexity index is 533. The van der Waals surface area contributed by atoms with E-state index in [1.807, 2.05) is 24.3 Å². The molecule has 0 bridgehead atoms. The van der Waals surface area contributed by atoms with Crippen molar-refractivity contribution in [2.75, 3.05) is 20.3 Å². The third kappa shape index (κ3) is 3.95. The summed E-state index contributed by atoms with van der Waals surface area (Å²) in [5, 5.41) is 5.92. The summed E-state index contributed by atoms with van der Waals surface area (Å²) in [6.07, 6.45) is 3.43. The Morgan fingerprint density at radius 1 is 1.26 bits per heavy atom. The summed E-state index contributed by atoms with van der Waals surface area (Å²) in [6.45, 7) is 1.80. The molecule has 2 aliphatic rings. The van der Waals surface area contributed by atoms with Gasteiger partial charge in [0.05, 0.1) is 20.3 Å². The molecular formula is C17H24N2O4. The van der Waals surface area contributed by atoms with Crippen LogP contribution in [0.1, 0.15) is 31.2 Å². The summed E-state index contributed by atoms with van der Waals surface area (Å²) in [6, 6.07) is 7.69. The van der Waals surface area contributed by atoms with Crippen LogP contribution in [0.15, 0.2) is 24.3 Å². The summed E-state index contributed by atoms with van der Waals surface area (Å²) in [7, 11) is 1.63. The fourth-order valence-electron chi connectivity index (χ4n) is 3.25. The van der Waals surface area contributed by atoms with E-state index in [-0.39, 0.29) is 17.9 Å². The van der Waals surface area contributed by atoms with Crippen LogP contribution in [0.2, 0.25) is 0 Å². The zero-order chi connectivity index (χ0) is 16.1. The van der Waals surface area contributed by atoms with E-state index in [4.69, 9.17) is 14.2 Å². The molecule has 0 atom stereocenters. The molecule has 3 rings (SSSR count). The summed E-state index contributed by atoms with van der Waals surface area (Å²) >= 11 is 0. The van der Waals surface area contributed by atoms with Gasteiger partial charge in [-0.3, -0.25) is 0 Å². The number of carbonyl (C=O) groups excluding carboxylic acids is 1. The Morgan fingerprint density at radius 2 is 1.96 bits per heavy atom. The van der Waals surface area contributed by atoms with Crippen LogP contribution in [0.5, 0.6) is 5.75 Å². The second-order valence-corrected chi connectivity index (χ2v) is 6.02. The maximum absolute atomic E-state index is 12.1. The molecule has 2 fully saturated rings. The van der Waals surface area contributed by atoms with Crippen molar-refractivity contribution >= 4 is 6.03 Å². The van der Waals surface area contributed by atoms with E-state index >= 15 is 0 Å². The summed E-state index contributed by atoms with van der Waals surface area (Å²) in [5.74, 6) is 0.398. The van der Waals surface area contributed by atoms with Gasteiger partial charge in [0, 0.05) is 31.0 Å². The number of para-hydroxylation sites is 1. The van der Waals surface area contributed by atoms with Gasteiger partial charge in [-0.2, -0.15) is 0 Å². The second-order valence-electron chi connectivity index (χ2n) is 6.02. The maximum atomic E-state index is 12.1. The molecule has 23 heavy (non-hydrogen) atoms. The standard InChI is InChI=1S/C17H24N2O4/c1-21-15-5-3-2-4-13(15)12-18-16(20)19-14-6-8-17(9-7-14)22-10-11-23-17/h2-5,14H,6-12H2,1H3,(H2,18,19,20). The molecule has 1 aromatic carbocycles. The smallest absolute Gasteiger partial charge is 0.315 e. The maximum Gasteiger partial charge on any atom is 0.315 e. The molecule has 1 saturated carbocycles. The van der Waals surface area contributed by atoms with Gasteiger partial charge in [-0.25, -0.2) is 4.79 Å². The predicted octanol–water partition coefficient (Wildman–Crippen LogP) is 2.18. The zero-order valence-corrected chi connectivity index (χ0v) is 13.5. The first kappa shape index (κ1) is 16.1. The molecule has 2 N–H and O–H groups in total. The van der Waals surface area contributed by atoms with Crippen molar-refractivity contribution in [3.05, 3.63) is 29.8 Å². The van der Waals surface area contributed by atoms with Crippen molar-refractivity contribution in [3.8, 4) is 5.75 Å². The first-order valence-electron chi connectivity index (χ1n) is 8.15. The largest absolute Gasteiger partial charge is 0.496 e. The molecule has 1 saturated heterocycles. The van der Waals surface area contributed by atoms with Crippen LogP contribution in [0.3, 0.4) is 0 Å². The lowest BCUT2D eigenvalue weighted by Gasteiger charge is -2.35. The van der Waals surface area contributed by atoms with Gasteiger partial charge in [0.25, 0.3) is 0 Å². The first-order valence-corrected chi connectivity index (χ1v) is 8.15. The molecule has 6 nitrogen and oxygen atoms in total. The Labute approximate surface area is 136 Å². The third-order valence-corrected chi connectivity index (χ3v) is 4.53. The highest BCUT2D eigenvalue weighted by molar-refractivity contribution is 5.74. The number of hydrogen-bond acceptors (Lipinski definition) is 4. The van der Waals surface area contributed by atoms with Crippen LogP contribution in [0.25, 0.3) is 0 Å². The number of benzene rings is 1. The number of urea groups is 1. The topological polar surface area (TPSA) is 68.8 Å². The minimum atomic E-state index is -0.383. The van der Waals surface area contributed by atoms with E-state index in [9.17, 15) is 4.79 Å². The molecule has 0 aromatic heterocycles. The van der Waals surface area contributed by atoms with E-state index < -0.39 is 0 Å². The number of amides is 2. The zero-order valence-electron chi connectivity index (χ0n) is 13.5. The van der Waals surface area contributed by atoms with Crippen molar-refractivity contribution in [1.29, 1.82) is 0 Å². The monoisotopic (exact) mass is 320 g/mol. The van der Waals surface area contributed by atoms with E-state index in [0.29, 0.717) is 19.8 Å². The Morgan fingerprint density at radius 3 is 2.65 bits per heavy atom. The molecule has 1 spiro atoms. The summed E-state index contributed by atoms with van der Waals surface area (Å²) in [5.41, 5.74) is 0.959. The number of rotatable bonds is 4. The fraction of sp³-hybridized carbons (Fsp3) is 0.588. The summed E-state index contributed by atoms with van der Waals surface area (Å²) in [4.78, 5) is 12.1. The van der Waals surface area contributed by atoms with Crippen molar-refractivity contribution in [1.82, 2.24) is 10.6 Å². The predicted molar refractivity (Wildman–Crippen MR) is 85.3 cm³/mol. The number of carbonyl (C=O) groups is 1. The van der Waals surface area contributed by atoms with E-state index in [1.54, 1.807) is 7.11 Å². The molecule has 0 unspecified atom stereocenters. The lowest BCUT2D eigenvalue weighted by molar-refractivity contribution is -0.179. The van der Waals surface area contributed by atoms with Crippen molar-refractivity contribution in [2.45, 2.75) is 44.1 Å². The average molecular weight is 320 g/mol. The number of methoxy groups -OCH3 is 1. The number of ether oxygens (including phenoxy) is 3. The van der Waals surface area contributed by atoms with Crippen LogP contribution in [-0.2, 0) is 16.0 Å². The lowest BCUT2D eigenvalue weighted by Crippen LogP contribution is -2.47. The molecule has 6 heteroatoms. The highest BCUT2D eigenvalue weighted by atomic mass is 16.7. The molecule has 0 radical (unpaired) electrons. The number of nitrogens with one attached hydrogen (secondary N) is 2. The average Bonchev–Trinajstić information content (AvgIpc) is 3.04. The molecule has 1 aromatic rings. The van der Waals surface area contributed by atoms with Crippen LogP contribution >= 0.6 is 0 Å². The Kier molecular flexibility index (Phi) is 5.03. The fourth-order valence-corrected chi connectivity index (χ4v) is 3.25. The van der Waals surface area contributed by atoms with Gasteiger partial charge < -0.3 is 24.8 Å².